The van der Waals surface area contributed by atoms with Crippen LogP contribution in [0.1, 0.15) is 45.8 Å². The Bertz CT molecular complexity index is 457. The Morgan fingerprint density at radius 2 is 2.00 bits per heavy atom. The molecular weight excluding hydrogens is 261 g/mol. The lowest BCUT2D eigenvalue weighted by Crippen LogP contribution is -2.42. The summed E-state index contributed by atoms with van der Waals surface area (Å²) in [6.45, 7) is 7.05. The summed E-state index contributed by atoms with van der Waals surface area (Å²) in [6.07, 6.45) is -1.29. The van der Waals surface area contributed by atoms with Crippen LogP contribution in [0, 0.1) is 5.82 Å². The molecule has 0 aliphatic heterocycles. The van der Waals surface area contributed by atoms with Gasteiger partial charge in [0.25, 0.3) is 0 Å². The zero-order valence-corrected chi connectivity index (χ0v) is 12.3. The van der Waals surface area contributed by atoms with Crippen molar-refractivity contribution in [1.82, 2.24) is 5.32 Å². The van der Waals surface area contributed by atoms with Crippen LogP contribution in [0.15, 0.2) is 24.3 Å². The third-order valence-corrected chi connectivity index (χ3v) is 2.75. The number of rotatable bonds is 4. The zero-order valence-electron chi connectivity index (χ0n) is 12.3. The molecule has 2 N–H and O–H groups in total. The number of carbonyl (C=O) groups excluding carboxylic acids is 1. The third-order valence-electron chi connectivity index (χ3n) is 2.75. The maximum Gasteiger partial charge on any atom is 0.407 e. The molecule has 20 heavy (non-hydrogen) atoms. The first kappa shape index (κ1) is 16.4. The molecule has 0 spiro atoms. The van der Waals surface area contributed by atoms with Crippen LogP contribution in [0.2, 0.25) is 0 Å². The van der Waals surface area contributed by atoms with Gasteiger partial charge in [-0.2, -0.15) is 0 Å². The van der Waals surface area contributed by atoms with Gasteiger partial charge in [-0.05, 0) is 33.3 Å². The lowest BCUT2D eigenvalue weighted by atomic mass is 10.00. The lowest BCUT2D eigenvalue weighted by molar-refractivity contribution is 0.0414. The van der Waals surface area contributed by atoms with E-state index in [9.17, 15) is 14.3 Å². The molecule has 0 radical (unpaired) electrons. The zero-order chi connectivity index (χ0) is 15.3. The molecule has 5 heteroatoms. The summed E-state index contributed by atoms with van der Waals surface area (Å²) in [5.74, 6) is -0.496. The fraction of sp³-hybridized carbons (Fsp3) is 0.533. The minimum atomic E-state index is -1.12. The number of benzene rings is 1. The van der Waals surface area contributed by atoms with Crippen molar-refractivity contribution in [1.29, 1.82) is 0 Å². The summed E-state index contributed by atoms with van der Waals surface area (Å²) >= 11 is 0. The van der Waals surface area contributed by atoms with E-state index in [0.29, 0.717) is 6.42 Å². The van der Waals surface area contributed by atoms with Gasteiger partial charge in [0.05, 0.1) is 6.04 Å². The van der Waals surface area contributed by atoms with Gasteiger partial charge in [0.2, 0.25) is 0 Å². The van der Waals surface area contributed by atoms with Crippen molar-refractivity contribution in [3.05, 3.63) is 35.6 Å². The number of hydrogen-bond donors (Lipinski definition) is 2. The highest BCUT2D eigenvalue weighted by Crippen LogP contribution is 2.22. The van der Waals surface area contributed by atoms with Gasteiger partial charge < -0.3 is 15.2 Å². The molecule has 1 amide bonds. The van der Waals surface area contributed by atoms with Crippen LogP contribution in [-0.2, 0) is 4.74 Å². The van der Waals surface area contributed by atoms with E-state index in [1.807, 2.05) is 0 Å². The molecule has 2 atom stereocenters. The lowest BCUT2D eigenvalue weighted by Gasteiger charge is -2.26. The van der Waals surface area contributed by atoms with E-state index < -0.39 is 29.7 Å². The van der Waals surface area contributed by atoms with Crippen molar-refractivity contribution in [2.24, 2.45) is 0 Å². The maximum atomic E-state index is 13.6. The van der Waals surface area contributed by atoms with Crippen molar-refractivity contribution in [2.45, 2.75) is 51.9 Å². The predicted molar refractivity (Wildman–Crippen MR) is 74.8 cm³/mol. The first-order valence-corrected chi connectivity index (χ1v) is 6.66. The van der Waals surface area contributed by atoms with Gasteiger partial charge in [-0.15, -0.1) is 0 Å². The molecule has 0 heterocycles. The fourth-order valence-corrected chi connectivity index (χ4v) is 1.79. The summed E-state index contributed by atoms with van der Waals surface area (Å²) in [5, 5.41) is 12.8. The van der Waals surface area contributed by atoms with E-state index in [-0.39, 0.29) is 5.56 Å². The maximum absolute atomic E-state index is 13.6. The summed E-state index contributed by atoms with van der Waals surface area (Å²) in [7, 11) is 0. The summed E-state index contributed by atoms with van der Waals surface area (Å²) in [6, 6.07) is 5.36. The van der Waals surface area contributed by atoms with Gasteiger partial charge in [-0.25, -0.2) is 9.18 Å². The Kier molecular flexibility index (Phi) is 5.51. The van der Waals surface area contributed by atoms with E-state index in [1.54, 1.807) is 39.8 Å². The second-order valence-electron chi connectivity index (χ2n) is 5.63. The predicted octanol–water partition coefficient (Wildman–Crippen LogP) is 3.16. The van der Waals surface area contributed by atoms with E-state index in [4.69, 9.17) is 4.74 Å². The number of alkyl carbamates (subject to hydrolysis) is 1. The first-order valence-electron chi connectivity index (χ1n) is 6.66. The van der Waals surface area contributed by atoms with Crippen molar-refractivity contribution in [3.63, 3.8) is 0 Å². The number of carbonyl (C=O) groups is 1. The average Bonchev–Trinajstić information content (AvgIpc) is 2.33. The molecule has 1 rings (SSSR count). The standard InChI is InChI=1S/C15H22FNO3/c1-5-12(17-14(19)20-15(2,3)4)13(18)10-8-6-7-9-11(10)16/h6-9,12-13,18H,5H2,1-4H3,(H,17,19). The molecule has 0 saturated carbocycles. The quantitative estimate of drug-likeness (QED) is 0.892. The van der Waals surface area contributed by atoms with Crippen LogP contribution in [0.4, 0.5) is 9.18 Å². The number of halogens is 1. The van der Waals surface area contributed by atoms with Crippen LogP contribution in [0.25, 0.3) is 0 Å². The Morgan fingerprint density at radius 3 is 2.50 bits per heavy atom. The number of aliphatic hydroxyl groups is 1. The molecule has 4 nitrogen and oxygen atoms in total. The molecular formula is C15H22FNO3. The number of ether oxygens (including phenoxy) is 1. The number of amides is 1. The smallest absolute Gasteiger partial charge is 0.407 e. The highest BCUT2D eigenvalue weighted by molar-refractivity contribution is 5.68. The van der Waals surface area contributed by atoms with Crippen molar-refractivity contribution in [2.75, 3.05) is 0 Å². The number of hydrogen-bond acceptors (Lipinski definition) is 3. The molecule has 112 valence electrons. The molecule has 0 saturated heterocycles. The van der Waals surface area contributed by atoms with Crippen molar-refractivity contribution >= 4 is 6.09 Å². The van der Waals surface area contributed by atoms with Crippen LogP contribution in [-0.4, -0.2) is 22.8 Å². The van der Waals surface area contributed by atoms with Crippen LogP contribution in [0.3, 0.4) is 0 Å². The second-order valence-corrected chi connectivity index (χ2v) is 5.63. The van der Waals surface area contributed by atoms with Gasteiger partial charge in [0.15, 0.2) is 0 Å². The summed E-state index contributed by atoms with van der Waals surface area (Å²) in [5.41, 5.74) is -0.457. The summed E-state index contributed by atoms with van der Waals surface area (Å²) in [4.78, 5) is 11.7. The Labute approximate surface area is 119 Å². The van der Waals surface area contributed by atoms with Gasteiger partial charge in [-0.3, -0.25) is 0 Å². The largest absolute Gasteiger partial charge is 0.444 e. The van der Waals surface area contributed by atoms with Crippen molar-refractivity contribution < 1.29 is 19.0 Å². The topological polar surface area (TPSA) is 58.6 Å². The normalized spacial score (nSPS) is 14.5. The van der Waals surface area contributed by atoms with E-state index in [2.05, 4.69) is 5.32 Å². The SMILES string of the molecule is CCC(NC(=O)OC(C)(C)C)C(O)c1ccccc1F. The molecule has 0 fully saturated rings. The molecule has 2 unspecified atom stereocenters. The van der Waals surface area contributed by atoms with Crippen LogP contribution >= 0.6 is 0 Å². The second kappa shape index (κ2) is 6.70. The Balaban J connectivity index is 2.76. The molecule has 0 bridgehead atoms. The molecule has 0 aliphatic rings. The van der Waals surface area contributed by atoms with E-state index in [1.165, 1.54) is 12.1 Å². The molecule has 1 aromatic rings. The minimum absolute atomic E-state index is 0.162. The van der Waals surface area contributed by atoms with E-state index in [0.717, 1.165) is 0 Å². The molecule has 0 aliphatic carbocycles. The minimum Gasteiger partial charge on any atom is -0.444 e. The first-order chi connectivity index (χ1) is 9.24. The molecule has 0 aromatic heterocycles. The molecule has 1 aromatic carbocycles. The number of aliphatic hydroxyl groups excluding tert-OH is 1. The Hall–Kier alpha value is -1.62. The van der Waals surface area contributed by atoms with Gasteiger partial charge in [0.1, 0.15) is 17.5 Å². The Morgan fingerprint density at radius 1 is 1.40 bits per heavy atom. The van der Waals surface area contributed by atoms with Gasteiger partial charge >= 0.3 is 6.09 Å². The summed E-state index contributed by atoms with van der Waals surface area (Å²) < 4.78 is 18.8. The number of nitrogens with one attached hydrogen (secondary N) is 1. The highest BCUT2D eigenvalue weighted by atomic mass is 19.1. The van der Waals surface area contributed by atoms with Gasteiger partial charge in [-0.1, -0.05) is 25.1 Å². The van der Waals surface area contributed by atoms with Crippen LogP contribution < -0.4 is 5.32 Å². The monoisotopic (exact) mass is 283 g/mol. The third kappa shape index (κ3) is 4.81. The van der Waals surface area contributed by atoms with Crippen molar-refractivity contribution in [3.8, 4) is 0 Å². The fourth-order valence-electron chi connectivity index (χ4n) is 1.79. The highest BCUT2D eigenvalue weighted by Gasteiger charge is 2.25. The van der Waals surface area contributed by atoms with E-state index >= 15 is 0 Å². The van der Waals surface area contributed by atoms with Crippen LogP contribution in [0.5, 0.6) is 0 Å². The average molecular weight is 283 g/mol. The van der Waals surface area contributed by atoms with Gasteiger partial charge in [0, 0.05) is 5.56 Å².